The van der Waals surface area contributed by atoms with Crippen LogP contribution < -0.4 is 0 Å². The molecule has 1 amide bonds. The molecule has 4 fully saturated rings. The van der Waals surface area contributed by atoms with E-state index in [2.05, 4.69) is 23.6 Å². The predicted molar refractivity (Wildman–Crippen MR) is 72.3 cm³/mol. The lowest BCUT2D eigenvalue weighted by molar-refractivity contribution is -0.159. The number of fused-ring (bicyclic) bond motifs is 2. The van der Waals surface area contributed by atoms with Crippen molar-refractivity contribution in [2.75, 3.05) is 19.6 Å². The summed E-state index contributed by atoms with van der Waals surface area (Å²) < 4.78 is 0. The molecule has 4 rings (SSSR count). The van der Waals surface area contributed by atoms with E-state index in [1.54, 1.807) is 0 Å². The zero-order valence-electron chi connectivity index (χ0n) is 11.8. The first kappa shape index (κ1) is 12.5. The summed E-state index contributed by atoms with van der Waals surface area (Å²) >= 11 is 0. The van der Waals surface area contributed by atoms with E-state index in [0.29, 0.717) is 23.9 Å². The van der Waals surface area contributed by atoms with Gasteiger partial charge >= 0.3 is 0 Å². The van der Waals surface area contributed by atoms with E-state index in [9.17, 15) is 4.79 Å². The fourth-order valence-electron chi connectivity index (χ4n) is 4.03. The molecule has 3 aliphatic heterocycles. The molecule has 0 aromatic heterocycles. The van der Waals surface area contributed by atoms with Crippen molar-refractivity contribution >= 4 is 5.91 Å². The van der Waals surface area contributed by atoms with Crippen molar-refractivity contribution in [1.29, 1.82) is 0 Å². The average Bonchev–Trinajstić information content (AvgIpc) is 2.39. The minimum atomic E-state index is 0.347. The third-order valence-electron chi connectivity index (χ3n) is 5.34. The number of hydrogen-bond donors (Lipinski definition) is 0. The van der Waals surface area contributed by atoms with Gasteiger partial charge in [0.15, 0.2) is 0 Å². The Morgan fingerprint density at radius 3 is 2.28 bits per heavy atom. The van der Waals surface area contributed by atoms with Crippen molar-refractivity contribution in [2.24, 2.45) is 11.8 Å². The van der Waals surface area contributed by atoms with Crippen molar-refractivity contribution in [3.63, 3.8) is 0 Å². The Kier molecular flexibility index (Phi) is 3.35. The number of nitrogens with zero attached hydrogens (tertiary/aromatic N) is 2. The SMILES string of the molecule is CCN1CC2CC(C1)N2C(=O)C1CCC(C)CC1. The quantitative estimate of drug-likeness (QED) is 0.749. The molecule has 0 N–H and O–H groups in total. The van der Waals surface area contributed by atoms with E-state index in [1.165, 1.54) is 19.3 Å². The van der Waals surface area contributed by atoms with Gasteiger partial charge in [-0.05, 0) is 44.6 Å². The average molecular weight is 250 g/mol. The Bertz CT molecular complexity index is 310. The van der Waals surface area contributed by atoms with Gasteiger partial charge in [-0.25, -0.2) is 0 Å². The monoisotopic (exact) mass is 250 g/mol. The highest BCUT2D eigenvalue weighted by Gasteiger charge is 2.48. The molecule has 3 heterocycles. The third kappa shape index (κ3) is 2.07. The van der Waals surface area contributed by atoms with Crippen molar-refractivity contribution < 1.29 is 4.79 Å². The molecule has 3 heteroatoms. The maximum absolute atomic E-state index is 12.6. The molecule has 1 aliphatic carbocycles. The van der Waals surface area contributed by atoms with Gasteiger partial charge in [-0.2, -0.15) is 0 Å². The molecular weight excluding hydrogens is 224 g/mol. The first-order chi connectivity index (χ1) is 8.69. The van der Waals surface area contributed by atoms with Gasteiger partial charge in [0.1, 0.15) is 0 Å². The molecule has 1 saturated carbocycles. The molecule has 0 aromatic carbocycles. The molecule has 0 spiro atoms. The van der Waals surface area contributed by atoms with Crippen molar-refractivity contribution in [3.05, 3.63) is 0 Å². The Morgan fingerprint density at radius 1 is 1.11 bits per heavy atom. The lowest BCUT2D eigenvalue weighted by Crippen LogP contribution is -2.70. The Labute approximate surface area is 111 Å². The van der Waals surface area contributed by atoms with E-state index in [-0.39, 0.29) is 0 Å². The number of rotatable bonds is 2. The Morgan fingerprint density at radius 2 is 1.72 bits per heavy atom. The predicted octanol–water partition coefficient (Wildman–Crippen LogP) is 2.12. The minimum Gasteiger partial charge on any atom is -0.334 e. The van der Waals surface area contributed by atoms with Gasteiger partial charge in [0.2, 0.25) is 5.91 Å². The largest absolute Gasteiger partial charge is 0.334 e. The molecule has 4 aliphatic rings. The van der Waals surface area contributed by atoms with Crippen molar-refractivity contribution in [3.8, 4) is 0 Å². The maximum Gasteiger partial charge on any atom is 0.226 e. The number of hydrogen-bond acceptors (Lipinski definition) is 2. The minimum absolute atomic E-state index is 0.347. The lowest BCUT2D eigenvalue weighted by atomic mass is 9.79. The van der Waals surface area contributed by atoms with Crippen LogP contribution in [-0.2, 0) is 4.79 Å². The van der Waals surface area contributed by atoms with Crippen molar-refractivity contribution in [2.45, 2.75) is 58.0 Å². The van der Waals surface area contributed by atoms with Crippen LogP contribution in [0.4, 0.5) is 0 Å². The maximum atomic E-state index is 12.6. The Hall–Kier alpha value is -0.570. The molecular formula is C15H26N2O. The van der Waals surface area contributed by atoms with Crippen LogP contribution in [0, 0.1) is 11.8 Å². The van der Waals surface area contributed by atoms with Gasteiger partial charge < -0.3 is 4.90 Å². The number of carbonyl (C=O) groups excluding carboxylic acids is 1. The first-order valence-corrected chi connectivity index (χ1v) is 7.73. The molecule has 2 atom stereocenters. The van der Waals surface area contributed by atoms with Gasteiger partial charge in [-0.15, -0.1) is 0 Å². The molecule has 0 aromatic rings. The molecule has 18 heavy (non-hydrogen) atoms. The van der Waals surface area contributed by atoms with Crippen LogP contribution in [0.25, 0.3) is 0 Å². The van der Waals surface area contributed by atoms with Gasteiger partial charge in [-0.1, -0.05) is 13.8 Å². The van der Waals surface area contributed by atoms with Crippen LogP contribution >= 0.6 is 0 Å². The van der Waals surface area contributed by atoms with Crippen LogP contribution in [0.2, 0.25) is 0 Å². The van der Waals surface area contributed by atoms with Gasteiger partial charge in [0.05, 0.1) is 0 Å². The summed E-state index contributed by atoms with van der Waals surface area (Å²) in [6.45, 7) is 7.90. The molecule has 3 saturated heterocycles. The fraction of sp³-hybridized carbons (Fsp3) is 0.933. The highest BCUT2D eigenvalue weighted by Crippen LogP contribution is 2.37. The highest BCUT2D eigenvalue weighted by atomic mass is 16.2. The number of piperidine rings is 1. The summed E-state index contributed by atoms with van der Waals surface area (Å²) in [4.78, 5) is 17.3. The summed E-state index contributed by atoms with van der Waals surface area (Å²) in [5.74, 6) is 1.67. The zero-order valence-corrected chi connectivity index (χ0v) is 11.8. The smallest absolute Gasteiger partial charge is 0.226 e. The number of likely N-dealkylation sites (N-methyl/N-ethyl adjacent to an activating group) is 1. The topological polar surface area (TPSA) is 23.6 Å². The standard InChI is InChI=1S/C15H26N2O/c1-3-16-9-13-8-14(10-16)17(13)15(18)12-6-4-11(2)5-7-12/h11-14H,3-10H2,1-2H3. The summed E-state index contributed by atoms with van der Waals surface area (Å²) in [5.41, 5.74) is 0. The van der Waals surface area contributed by atoms with E-state index >= 15 is 0 Å². The fourth-order valence-corrected chi connectivity index (χ4v) is 4.03. The lowest BCUT2D eigenvalue weighted by Gasteiger charge is -2.57. The molecule has 2 bridgehead atoms. The first-order valence-electron chi connectivity index (χ1n) is 7.73. The second-order valence-corrected chi connectivity index (χ2v) is 6.60. The van der Waals surface area contributed by atoms with Gasteiger partial charge in [0.25, 0.3) is 0 Å². The Balaban J connectivity index is 1.58. The number of carbonyl (C=O) groups is 1. The molecule has 102 valence electrons. The molecule has 2 unspecified atom stereocenters. The van der Waals surface area contributed by atoms with Gasteiger partial charge in [-0.3, -0.25) is 9.69 Å². The number of amides is 1. The van der Waals surface area contributed by atoms with Crippen LogP contribution in [0.15, 0.2) is 0 Å². The summed E-state index contributed by atoms with van der Waals surface area (Å²) in [7, 11) is 0. The van der Waals surface area contributed by atoms with Crippen LogP contribution in [0.3, 0.4) is 0 Å². The van der Waals surface area contributed by atoms with Crippen LogP contribution in [0.1, 0.15) is 46.0 Å². The molecule has 3 nitrogen and oxygen atoms in total. The normalized spacial score (nSPS) is 40.4. The molecule has 0 radical (unpaired) electrons. The summed E-state index contributed by atoms with van der Waals surface area (Å²) in [6.07, 6.45) is 6.02. The summed E-state index contributed by atoms with van der Waals surface area (Å²) in [6, 6.07) is 1.08. The zero-order chi connectivity index (χ0) is 12.7. The van der Waals surface area contributed by atoms with E-state index in [1.807, 2.05) is 0 Å². The summed E-state index contributed by atoms with van der Waals surface area (Å²) in [5, 5.41) is 0. The number of piperazine rings is 1. The van der Waals surface area contributed by atoms with Gasteiger partial charge in [0, 0.05) is 31.1 Å². The van der Waals surface area contributed by atoms with Crippen LogP contribution in [-0.4, -0.2) is 47.4 Å². The van der Waals surface area contributed by atoms with E-state index in [4.69, 9.17) is 0 Å². The second-order valence-electron chi connectivity index (χ2n) is 6.60. The second kappa shape index (κ2) is 4.84. The van der Waals surface area contributed by atoms with E-state index < -0.39 is 0 Å². The van der Waals surface area contributed by atoms with Crippen LogP contribution in [0.5, 0.6) is 0 Å². The van der Waals surface area contributed by atoms with E-state index in [0.717, 1.165) is 38.4 Å². The van der Waals surface area contributed by atoms with Crippen molar-refractivity contribution in [1.82, 2.24) is 9.80 Å². The third-order valence-corrected chi connectivity index (χ3v) is 5.34. The highest BCUT2D eigenvalue weighted by molar-refractivity contribution is 5.80.